The molecule has 214 valence electrons. The molecule has 6 heteroatoms. The molecule has 1 spiro atoms. The molecule has 0 aromatic rings. The van der Waals surface area contributed by atoms with Crippen LogP contribution in [0.2, 0.25) is 0 Å². The maximum absolute atomic E-state index is 11.9. The summed E-state index contributed by atoms with van der Waals surface area (Å²) < 4.78 is 7.09. The minimum Gasteiger partial charge on any atom is -0.357 e. The molecule has 6 nitrogen and oxygen atoms in total. The number of ether oxygens (including phenoxy) is 1. The van der Waals surface area contributed by atoms with Gasteiger partial charge in [-0.3, -0.25) is 5.32 Å². The Morgan fingerprint density at radius 3 is 2.61 bits per heavy atom. The lowest BCUT2D eigenvalue weighted by atomic mass is 9.44. The maximum Gasteiger partial charge on any atom is 0.317 e. The molecule has 7 rings (SSSR count). The Labute approximate surface area is 231 Å². The molecule has 0 aromatic heterocycles. The summed E-state index contributed by atoms with van der Waals surface area (Å²) >= 11 is 0. The third-order valence-corrected chi connectivity index (χ3v) is 13.9. The van der Waals surface area contributed by atoms with Gasteiger partial charge < -0.3 is 20.3 Å². The van der Waals surface area contributed by atoms with E-state index in [-0.39, 0.29) is 11.8 Å². The number of nitrogens with zero attached hydrogens (tertiary/aromatic N) is 1. The van der Waals surface area contributed by atoms with Crippen LogP contribution >= 0.6 is 0 Å². The first-order valence-electron chi connectivity index (χ1n) is 16.4. The Balaban J connectivity index is 1.00. The van der Waals surface area contributed by atoms with Crippen LogP contribution in [0.15, 0.2) is 0 Å². The zero-order valence-corrected chi connectivity index (χ0v) is 24.6. The summed E-state index contributed by atoms with van der Waals surface area (Å²) in [5.41, 5.74) is 0.938. The fourth-order valence-electron chi connectivity index (χ4n) is 11.8. The number of amides is 2. The van der Waals surface area contributed by atoms with Crippen LogP contribution in [-0.2, 0) is 4.74 Å². The van der Waals surface area contributed by atoms with Crippen LogP contribution in [0.1, 0.15) is 91.9 Å². The molecular formula is C32H54N4O2. The molecule has 3 aliphatic heterocycles. The second kappa shape index (κ2) is 9.34. The lowest BCUT2D eigenvalue weighted by Gasteiger charge is -2.61. The van der Waals surface area contributed by atoms with Gasteiger partial charge in [-0.2, -0.15) is 0 Å². The van der Waals surface area contributed by atoms with E-state index in [9.17, 15) is 4.79 Å². The van der Waals surface area contributed by atoms with Gasteiger partial charge in [0.25, 0.3) is 0 Å². The van der Waals surface area contributed by atoms with Crippen LogP contribution in [0, 0.1) is 52.3 Å². The van der Waals surface area contributed by atoms with Crippen molar-refractivity contribution in [1.82, 2.24) is 20.9 Å². The number of piperidine rings is 1. The molecule has 1 unspecified atom stereocenters. The Bertz CT molecular complexity index is 919. The smallest absolute Gasteiger partial charge is 0.317 e. The molecule has 12 atom stereocenters. The number of carbonyl (C=O) groups excluding carboxylic acids is 1. The minimum atomic E-state index is -0.0414. The number of urea groups is 1. The van der Waals surface area contributed by atoms with Crippen molar-refractivity contribution in [2.24, 2.45) is 52.3 Å². The van der Waals surface area contributed by atoms with Gasteiger partial charge in [-0.15, -0.1) is 0 Å². The molecule has 4 saturated carbocycles. The number of carbonyl (C=O) groups is 1. The van der Waals surface area contributed by atoms with E-state index in [1.165, 1.54) is 64.2 Å². The summed E-state index contributed by atoms with van der Waals surface area (Å²) in [4.78, 5) is 13.8. The highest BCUT2D eigenvalue weighted by Gasteiger charge is 2.68. The van der Waals surface area contributed by atoms with Crippen molar-refractivity contribution in [2.75, 3.05) is 32.7 Å². The number of nitrogens with one attached hydrogen (secondary N) is 3. The van der Waals surface area contributed by atoms with Crippen LogP contribution in [0.4, 0.5) is 4.79 Å². The van der Waals surface area contributed by atoms with Crippen LogP contribution in [-0.4, -0.2) is 61.5 Å². The highest BCUT2D eigenvalue weighted by Crippen LogP contribution is 2.71. The number of fused-ring (bicyclic) bond motifs is 7. The highest BCUT2D eigenvalue weighted by atomic mass is 16.5. The Morgan fingerprint density at radius 1 is 1.00 bits per heavy atom. The van der Waals surface area contributed by atoms with Gasteiger partial charge in [0, 0.05) is 44.7 Å². The van der Waals surface area contributed by atoms with E-state index < -0.39 is 0 Å². The van der Waals surface area contributed by atoms with E-state index in [2.05, 4.69) is 43.6 Å². The van der Waals surface area contributed by atoms with Crippen molar-refractivity contribution in [1.29, 1.82) is 0 Å². The molecule has 4 aliphatic carbocycles. The van der Waals surface area contributed by atoms with E-state index in [4.69, 9.17) is 4.74 Å². The summed E-state index contributed by atoms with van der Waals surface area (Å²) in [6.07, 6.45) is 14.1. The van der Waals surface area contributed by atoms with Crippen LogP contribution < -0.4 is 16.0 Å². The molecule has 38 heavy (non-hydrogen) atoms. The molecule has 0 bridgehead atoms. The van der Waals surface area contributed by atoms with Crippen molar-refractivity contribution < 1.29 is 9.53 Å². The normalized spacial score (nSPS) is 53.8. The quantitative estimate of drug-likeness (QED) is 0.483. The van der Waals surface area contributed by atoms with Gasteiger partial charge in [0.2, 0.25) is 0 Å². The van der Waals surface area contributed by atoms with Crippen LogP contribution in [0.3, 0.4) is 0 Å². The standard InChI is InChI=1S/C32H54N4O2/c1-20-7-12-32(35-19-20)21(2)28-27(38-32)18-26-24-6-5-22-17-23(33-13-15-36-16-14-34-29(36)37)8-10-30(22,3)25(24)9-11-31(26,28)4/h20-28,33,35H,5-19H2,1-4H3,(H,34,37)/t20-,21-,22-,23?,24+,25-,26-,27-,28-,30-,31-,32-/m0/s1. The van der Waals surface area contributed by atoms with Gasteiger partial charge in [0.1, 0.15) is 5.72 Å². The molecule has 7 fully saturated rings. The average Bonchev–Trinajstić information content (AvgIpc) is 3.52. The highest BCUT2D eigenvalue weighted by molar-refractivity contribution is 5.76. The average molecular weight is 527 g/mol. The van der Waals surface area contributed by atoms with Gasteiger partial charge in [-0.25, -0.2) is 4.79 Å². The maximum atomic E-state index is 11.9. The first-order chi connectivity index (χ1) is 18.2. The van der Waals surface area contributed by atoms with Gasteiger partial charge in [0.05, 0.1) is 6.10 Å². The molecule has 0 aromatic carbocycles. The third kappa shape index (κ3) is 3.85. The van der Waals surface area contributed by atoms with Crippen molar-refractivity contribution in [3.63, 3.8) is 0 Å². The summed E-state index contributed by atoms with van der Waals surface area (Å²) in [6, 6.07) is 0.743. The second-order valence-electron chi connectivity index (χ2n) is 15.5. The third-order valence-electron chi connectivity index (χ3n) is 13.9. The van der Waals surface area contributed by atoms with Gasteiger partial charge in [0.15, 0.2) is 0 Å². The monoisotopic (exact) mass is 526 g/mol. The predicted octanol–water partition coefficient (Wildman–Crippen LogP) is 4.99. The predicted molar refractivity (Wildman–Crippen MR) is 151 cm³/mol. The van der Waals surface area contributed by atoms with E-state index in [0.717, 1.165) is 68.2 Å². The molecule has 3 heterocycles. The van der Waals surface area contributed by atoms with Crippen LogP contribution in [0.25, 0.3) is 0 Å². The number of hydrogen-bond acceptors (Lipinski definition) is 4. The summed E-state index contributed by atoms with van der Waals surface area (Å²) in [5, 5.41) is 10.7. The summed E-state index contributed by atoms with van der Waals surface area (Å²) in [6.45, 7) is 14.9. The van der Waals surface area contributed by atoms with E-state index in [1.54, 1.807) is 0 Å². The SMILES string of the molecule is C[C@H]1CC[C@]2(NC1)O[C@H]1C[C@H]3[C@@H]4CC[C@H]5CC(NCCN6CCNC6=O)CC[C@]5(C)[C@H]4CC[C@]3(C)[C@H]1[C@@H]2C. The number of rotatable bonds is 4. The zero-order chi connectivity index (χ0) is 26.3. The lowest BCUT2D eigenvalue weighted by molar-refractivity contribution is -0.134. The van der Waals surface area contributed by atoms with Gasteiger partial charge in [-0.1, -0.05) is 27.7 Å². The van der Waals surface area contributed by atoms with Crippen molar-refractivity contribution in [2.45, 2.75) is 110 Å². The minimum absolute atomic E-state index is 0.0414. The largest absolute Gasteiger partial charge is 0.357 e. The molecule has 7 aliphatic rings. The Hall–Kier alpha value is -0.850. The second-order valence-corrected chi connectivity index (χ2v) is 15.5. The van der Waals surface area contributed by atoms with Gasteiger partial charge >= 0.3 is 6.03 Å². The summed E-state index contributed by atoms with van der Waals surface area (Å²) in [5.74, 6) is 5.68. The Morgan fingerprint density at radius 2 is 1.84 bits per heavy atom. The zero-order valence-electron chi connectivity index (χ0n) is 24.6. The van der Waals surface area contributed by atoms with E-state index in [1.807, 2.05) is 4.90 Å². The Kier molecular flexibility index (Phi) is 6.41. The molecule has 2 amide bonds. The molecular weight excluding hydrogens is 472 g/mol. The molecule has 0 radical (unpaired) electrons. The van der Waals surface area contributed by atoms with Gasteiger partial charge in [-0.05, 0) is 111 Å². The fraction of sp³-hybridized carbons (Fsp3) is 0.969. The van der Waals surface area contributed by atoms with E-state index in [0.29, 0.717) is 28.9 Å². The van der Waals surface area contributed by atoms with Crippen molar-refractivity contribution >= 4 is 6.03 Å². The van der Waals surface area contributed by atoms with E-state index >= 15 is 0 Å². The molecule has 3 N–H and O–H groups in total. The first kappa shape index (κ1) is 26.1. The van der Waals surface area contributed by atoms with Crippen molar-refractivity contribution in [3.8, 4) is 0 Å². The summed E-state index contributed by atoms with van der Waals surface area (Å²) in [7, 11) is 0. The first-order valence-corrected chi connectivity index (χ1v) is 16.4. The van der Waals surface area contributed by atoms with Crippen molar-refractivity contribution in [3.05, 3.63) is 0 Å². The topological polar surface area (TPSA) is 65.6 Å². The molecule has 3 saturated heterocycles. The lowest BCUT2D eigenvalue weighted by Crippen LogP contribution is -2.58. The fourth-order valence-corrected chi connectivity index (χ4v) is 11.8. The van der Waals surface area contributed by atoms with Crippen LogP contribution in [0.5, 0.6) is 0 Å². The number of hydrogen-bond donors (Lipinski definition) is 3.